The van der Waals surface area contributed by atoms with Crippen LogP contribution in [-0.4, -0.2) is 47.9 Å². The van der Waals surface area contributed by atoms with Gasteiger partial charge in [-0.3, -0.25) is 20.0 Å². The minimum atomic E-state index is -1.10. The van der Waals surface area contributed by atoms with Crippen LogP contribution in [0.1, 0.15) is 27.5 Å². The number of carbonyl (C=O) groups is 2. The molecule has 3 heterocycles. The maximum Gasteiger partial charge on any atom is 0.255 e. The Balaban J connectivity index is 1.30. The summed E-state index contributed by atoms with van der Waals surface area (Å²) < 4.78 is 14.4. The van der Waals surface area contributed by atoms with E-state index in [0.29, 0.717) is 21.2 Å². The predicted octanol–water partition coefficient (Wildman–Crippen LogP) is 4.66. The number of hydrogen-bond donors (Lipinski definition) is 3. The van der Waals surface area contributed by atoms with Crippen LogP contribution in [0.15, 0.2) is 77.1 Å². The number of nitrogens with zero attached hydrogens (tertiary/aromatic N) is 3. The third-order valence-electron chi connectivity index (χ3n) is 7.24. The summed E-state index contributed by atoms with van der Waals surface area (Å²) in [6.07, 6.45) is 1.58. The molecule has 2 amide bonds. The second-order valence-electron chi connectivity index (χ2n) is 9.62. The number of thiazole rings is 1. The van der Waals surface area contributed by atoms with Gasteiger partial charge in [-0.1, -0.05) is 18.2 Å². The molecule has 204 valence electrons. The quantitative estimate of drug-likeness (QED) is 0.276. The van der Waals surface area contributed by atoms with Crippen LogP contribution in [0.4, 0.5) is 15.2 Å². The number of piperazine rings is 1. The van der Waals surface area contributed by atoms with Crippen molar-refractivity contribution in [3.05, 3.63) is 94.7 Å². The summed E-state index contributed by atoms with van der Waals surface area (Å²) in [5.74, 6) is -1.30. The van der Waals surface area contributed by atoms with Crippen molar-refractivity contribution in [1.29, 1.82) is 0 Å². The summed E-state index contributed by atoms with van der Waals surface area (Å²) >= 11 is 2.17. The van der Waals surface area contributed by atoms with E-state index in [2.05, 4.69) is 44.8 Å². The molecule has 3 aromatic carbocycles. The fourth-order valence-electron chi connectivity index (χ4n) is 5.27. The van der Waals surface area contributed by atoms with Crippen molar-refractivity contribution in [2.45, 2.75) is 17.5 Å². The molecule has 1 aromatic heterocycles. The van der Waals surface area contributed by atoms with Gasteiger partial charge in [0.05, 0.1) is 0 Å². The Morgan fingerprint density at radius 3 is 2.58 bits per heavy atom. The van der Waals surface area contributed by atoms with Crippen LogP contribution in [0.25, 0.3) is 11.1 Å². The molecule has 4 N–H and O–H groups in total. The summed E-state index contributed by atoms with van der Waals surface area (Å²) in [7, 11) is 0. The summed E-state index contributed by atoms with van der Waals surface area (Å²) in [5.41, 5.74) is 4.85. The van der Waals surface area contributed by atoms with Gasteiger partial charge in [0.1, 0.15) is 11.9 Å². The summed E-state index contributed by atoms with van der Waals surface area (Å²) in [4.78, 5) is 35.7. The van der Waals surface area contributed by atoms with E-state index < -0.39 is 17.8 Å². The van der Waals surface area contributed by atoms with E-state index in [1.165, 1.54) is 40.1 Å². The lowest BCUT2D eigenvalue weighted by Crippen LogP contribution is -2.43. The van der Waals surface area contributed by atoms with Gasteiger partial charge in [0, 0.05) is 66.0 Å². The SMILES string of the molecule is NSc1ccc(F)cc1C(C(=O)Nc1nccs1)N1Cc2cc(-c3ccc(N4CCNCC4)cc3)ccc2C1=O. The molecular weight excluding hydrogens is 547 g/mol. The summed E-state index contributed by atoms with van der Waals surface area (Å²) in [6.45, 7) is 4.09. The number of benzene rings is 3. The predicted molar refractivity (Wildman–Crippen MR) is 157 cm³/mol. The third-order valence-corrected chi connectivity index (χ3v) is 8.55. The van der Waals surface area contributed by atoms with Gasteiger partial charge in [-0.05, 0) is 71.1 Å². The average molecular weight is 575 g/mol. The maximum absolute atomic E-state index is 14.4. The molecule has 2 aliphatic heterocycles. The largest absolute Gasteiger partial charge is 0.369 e. The first-order valence-corrected chi connectivity index (χ1v) is 14.6. The Labute approximate surface area is 239 Å². The molecule has 2 aliphatic rings. The molecule has 1 unspecified atom stereocenters. The first kappa shape index (κ1) is 26.5. The first-order valence-electron chi connectivity index (χ1n) is 12.9. The number of anilines is 2. The van der Waals surface area contributed by atoms with Crippen LogP contribution >= 0.6 is 23.3 Å². The number of nitrogens with two attached hydrogens (primary N) is 1. The molecular formula is C29H27FN6O2S2. The molecule has 1 atom stereocenters. The van der Waals surface area contributed by atoms with Crippen molar-refractivity contribution in [3.63, 3.8) is 0 Å². The normalized spacial score (nSPS) is 15.7. The number of halogens is 1. The highest BCUT2D eigenvalue weighted by atomic mass is 32.2. The minimum absolute atomic E-state index is 0.196. The molecule has 0 radical (unpaired) electrons. The molecule has 1 saturated heterocycles. The molecule has 40 heavy (non-hydrogen) atoms. The molecule has 8 nitrogen and oxygen atoms in total. The summed E-state index contributed by atoms with van der Waals surface area (Å²) in [5, 5.41) is 14.2. The molecule has 0 aliphatic carbocycles. The number of hydrogen-bond acceptors (Lipinski definition) is 8. The van der Waals surface area contributed by atoms with Crippen molar-refractivity contribution >= 4 is 45.9 Å². The lowest BCUT2D eigenvalue weighted by Gasteiger charge is -2.29. The van der Waals surface area contributed by atoms with Gasteiger partial charge < -0.3 is 15.1 Å². The molecule has 0 bridgehead atoms. The summed E-state index contributed by atoms with van der Waals surface area (Å²) in [6, 6.07) is 17.1. The zero-order chi connectivity index (χ0) is 27.6. The Kier molecular flexibility index (Phi) is 7.53. The molecule has 6 rings (SSSR count). The Morgan fingerprint density at radius 1 is 1.07 bits per heavy atom. The van der Waals surface area contributed by atoms with E-state index in [0.717, 1.165) is 54.8 Å². The number of carbonyl (C=O) groups excluding carboxylic acids is 2. The lowest BCUT2D eigenvalue weighted by atomic mass is 10.00. The van der Waals surface area contributed by atoms with Crippen molar-refractivity contribution in [2.24, 2.45) is 5.14 Å². The zero-order valence-corrected chi connectivity index (χ0v) is 23.1. The second-order valence-corrected chi connectivity index (χ2v) is 11.2. The second kappa shape index (κ2) is 11.4. The number of rotatable bonds is 7. The Morgan fingerprint density at radius 2 is 1.85 bits per heavy atom. The highest BCUT2D eigenvalue weighted by Gasteiger charge is 2.39. The van der Waals surface area contributed by atoms with Gasteiger partial charge in [0.2, 0.25) is 0 Å². The molecule has 0 spiro atoms. The highest BCUT2D eigenvalue weighted by molar-refractivity contribution is 7.97. The van der Waals surface area contributed by atoms with Crippen LogP contribution < -0.4 is 20.7 Å². The first-order chi connectivity index (χ1) is 19.5. The molecule has 1 fully saturated rings. The van der Waals surface area contributed by atoms with E-state index in [1.54, 1.807) is 17.6 Å². The van der Waals surface area contributed by atoms with E-state index in [-0.39, 0.29) is 12.5 Å². The standard InChI is InChI=1S/C29H27FN6O2S2/c30-21-4-8-25(40-31)24(16-21)26(27(37)34-29-33-11-14-39-29)36-17-20-15-19(3-7-23(20)28(36)38)18-1-5-22(6-2-18)35-12-9-32-10-13-35/h1-8,11,14-16,26,32H,9-10,12-13,17,31H2,(H,33,34,37). The van der Waals surface area contributed by atoms with Gasteiger partial charge in [-0.2, -0.15) is 0 Å². The number of fused-ring (bicyclic) bond motifs is 1. The van der Waals surface area contributed by atoms with Crippen molar-refractivity contribution in [2.75, 3.05) is 36.4 Å². The monoisotopic (exact) mass is 574 g/mol. The van der Waals surface area contributed by atoms with Crippen molar-refractivity contribution in [3.8, 4) is 11.1 Å². The van der Waals surface area contributed by atoms with Crippen LogP contribution in [0, 0.1) is 5.82 Å². The number of aromatic nitrogens is 1. The number of amides is 2. The molecule has 11 heteroatoms. The van der Waals surface area contributed by atoms with Gasteiger partial charge in [-0.25, -0.2) is 9.37 Å². The van der Waals surface area contributed by atoms with Gasteiger partial charge in [0.15, 0.2) is 5.13 Å². The van der Waals surface area contributed by atoms with Crippen LogP contribution in [0.3, 0.4) is 0 Å². The number of nitrogens with one attached hydrogen (secondary N) is 2. The van der Waals surface area contributed by atoms with Gasteiger partial charge in [-0.15, -0.1) is 11.3 Å². The van der Waals surface area contributed by atoms with Crippen LogP contribution in [0.5, 0.6) is 0 Å². The van der Waals surface area contributed by atoms with Crippen molar-refractivity contribution < 1.29 is 14.0 Å². The van der Waals surface area contributed by atoms with Crippen LogP contribution in [-0.2, 0) is 11.3 Å². The maximum atomic E-state index is 14.4. The highest BCUT2D eigenvalue weighted by Crippen LogP contribution is 2.38. The third kappa shape index (κ3) is 5.20. The minimum Gasteiger partial charge on any atom is -0.369 e. The lowest BCUT2D eigenvalue weighted by molar-refractivity contribution is -0.120. The van der Waals surface area contributed by atoms with E-state index in [9.17, 15) is 14.0 Å². The van der Waals surface area contributed by atoms with E-state index >= 15 is 0 Å². The van der Waals surface area contributed by atoms with Crippen molar-refractivity contribution in [1.82, 2.24) is 15.2 Å². The zero-order valence-electron chi connectivity index (χ0n) is 21.5. The molecule has 0 saturated carbocycles. The van der Waals surface area contributed by atoms with Gasteiger partial charge in [0.25, 0.3) is 11.8 Å². The van der Waals surface area contributed by atoms with E-state index in [1.807, 2.05) is 12.1 Å². The topological polar surface area (TPSA) is 104 Å². The van der Waals surface area contributed by atoms with E-state index in [4.69, 9.17) is 5.14 Å². The fourth-order valence-corrected chi connectivity index (χ4v) is 6.25. The smallest absolute Gasteiger partial charge is 0.255 e. The Bertz CT molecular complexity index is 1540. The average Bonchev–Trinajstić information content (AvgIpc) is 3.61. The molecule has 4 aromatic rings. The Hall–Kier alpha value is -3.77. The van der Waals surface area contributed by atoms with Gasteiger partial charge >= 0.3 is 0 Å². The fraction of sp³-hybridized carbons (Fsp3) is 0.207. The van der Waals surface area contributed by atoms with Crippen LogP contribution in [0.2, 0.25) is 0 Å².